The van der Waals surface area contributed by atoms with Gasteiger partial charge in [-0.25, -0.2) is 9.97 Å². The lowest BCUT2D eigenvalue weighted by Crippen LogP contribution is -2.22. The van der Waals surface area contributed by atoms with Gasteiger partial charge >= 0.3 is 0 Å². The summed E-state index contributed by atoms with van der Waals surface area (Å²) >= 11 is 0. The number of anilines is 1. The highest BCUT2D eigenvalue weighted by atomic mass is 16.7. The molecule has 0 aliphatic carbocycles. The van der Waals surface area contributed by atoms with E-state index in [0.29, 0.717) is 11.6 Å². The Hall–Kier alpha value is -3.09. The van der Waals surface area contributed by atoms with Crippen molar-refractivity contribution >= 4 is 17.8 Å². The number of hydrogen-bond acceptors (Lipinski definition) is 6. The van der Waals surface area contributed by atoms with Crippen molar-refractivity contribution in [1.82, 2.24) is 15.3 Å². The van der Waals surface area contributed by atoms with Crippen LogP contribution in [-0.4, -0.2) is 36.8 Å². The molecule has 0 saturated heterocycles. The van der Waals surface area contributed by atoms with Gasteiger partial charge in [0, 0.05) is 26.4 Å². The van der Waals surface area contributed by atoms with Gasteiger partial charge in [0.25, 0.3) is 0 Å². The average molecular weight is 326 g/mol. The minimum absolute atomic E-state index is 0.216. The van der Waals surface area contributed by atoms with Crippen molar-refractivity contribution in [2.45, 2.75) is 6.54 Å². The van der Waals surface area contributed by atoms with Crippen LogP contribution in [0.4, 0.5) is 5.82 Å². The summed E-state index contributed by atoms with van der Waals surface area (Å²) in [5.74, 6) is 2.55. The number of nitrogens with one attached hydrogen (secondary N) is 1. The second kappa shape index (κ2) is 6.99. The second-order valence-electron chi connectivity index (χ2n) is 5.39. The average Bonchev–Trinajstić information content (AvgIpc) is 3.06. The molecule has 0 unspecified atom stereocenters. The van der Waals surface area contributed by atoms with E-state index in [2.05, 4.69) is 15.3 Å². The fourth-order valence-electron chi connectivity index (χ4n) is 2.14. The number of benzene rings is 1. The highest BCUT2D eigenvalue weighted by Gasteiger charge is 2.12. The molecule has 1 aliphatic heterocycles. The lowest BCUT2D eigenvalue weighted by Gasteiger charge is -2.11. The SMILES string of the molecule is CN(C)c1ccnc(CNC(=O)/C=C/c2ccc3c(c2)OCO3)n1. The van der Waals surface area contributed by atoms with Gasteiger partial charge < -0.3 is 19.7 Å². The number of carbonyl (C=O) groups is 1. The first kappa shape index (κ1) is 15.8. The summed E-state index contributed by atoms with van der Waals surface area (Å²) in [6.45, 7) is 0.501. The van der Waals surface area contributed by atoms with E-state index in [1.54, 1.807) is 12.3 Å². The minimum Gasteiger partial charge on any atom is -0.454 e. The minimum atomic E-state index is -0.216. The number of hydrogen-bond donors (Lipinski definition) is 1. The fourth-order valence-corrected chi connectivity index (χ4v) is 2.14. The molecule has 1 aromatic heterocycles. The van der Waals surface area contributed by atoms with Crippen LogP contribution in [0.5, 0.6) is 11.5 Å². The summed E-state index contributed by atoms with van der Waals surface area (Å²) < 4.78 is 10.6. The van der Waals surface area contributed by atoms with Crippen LogP contribution in [-0.2, 0) is 11.3 Å². The maximum absolute atomic E-state index is 11.9. The molecule has 0 spiro atoms. The first-order chi connectivity index (χ1) is 11.6. The van der Waals surface area contributed by atoms with Gasteiger partial charge in [0.1, 0.15) is 11.6 Å². The summed E-state index contributed by atoms with van der Waals surface area (Å²) in [6, 6.07) is 7.32. The van der Waals surface area contributed by atoms with Crippen molar-refractivity contribution in [1.29, 1.82) is 0 Å². The van der Waals surface area contributed by atoms with E-state index in [1.807, 2.05) is 43.3 Å². The van der Waals surface area contributed by atoms with E-state index < -0.39 is 0 Å². The van der Waals surface area contributed by atoms with Gasteiger partial charge in [-0.15, -0.1) is 0 Å². The Morgan fingerprint density at radius 2 is 2.12 bits per heavy atom. The van der Waals surface area contributed by atoms with E-state index >= 15 is 0 Å². The van der Waals surface area contributed by atoms with Crippen molar-refractivity contribution in [2.75, 3.05) is 25.8 Å². The Balaban J connectivity index is 1.56. The first-order valence-electron chi connectivity index (χ1n) is 7.46. The van der Waals surface area contributed by atoms with Gasteiger partial charge in [-0.05, 0) is 29.8 Å². The molecule has 124 valence electrons. The molecule has 1 N–H and O–H groups in total. The Bertz CT molecular complexity index is 774. The third-order valence-corrected chi connectivity index (χ3v) is 3.39. The molecule has 0 fully saturated rings. The monoisotopic (exact) mass is 326 g/mol. The number of aromatic nitrogens is 2. The number of nitrogens with zero attached hydrogens (tertiary/aromatic N) is 3. The van der Waals surface area contributed by atoms with Crippen molar-refractivity contribution in [2.24, 2.45) is 0 Å². The van der Waals surface area contributed by atoms with Gasteiger partial charge in [-0.3, -0.25) is 4.79 Å². The smallest absolute Gasteiger partial charge is 0.244 e. The zero-order chi connectivity index (χ0) is 16.9. The zero-order valence-electron chi connectivity index (χ0n) is 13.5. The van der Waals surface area contributed by atoms with E-state index in [0.717, 1.165) is 17.1 Å². The lowest BCUT2D eigenvalue weighted by atomic mass is 10.2. The van der Waals surface area contributed by atoms with Crippen LogP contribution in [0.2, 0.25) is 0 Å². The molecule has 1 aliphatic rings. The van der Waals surface area contributed by atoms with Gasteiger partial charge in [0.05, 0.1) is 6.54 Å². The van der Waals surface area contributed by atoms with E-state index in [-0.39, 0.29) is 19.2 Å². The van der Waals surface area contributed by atoms with Gasteiger partial charge in [0.2, 0.25) is 12.7 Å². The molecule has 3 rings (SSSR count). The standard InChI is InChI=1S/C17H18N4O3/c1-21(2)16-7-8-18-15(20-16)10-19-17(22)6-4-12-3-5-13-14(9-12)24-11-23-13/h3-9H,10-11H2,1-2H3,(H,19,22)/b6-4+. The number of amides is 1. The van der Waals surface area contributed by atoms with Crippen molar-refractivity contribution in [3.8, 4) is 11.5 Å². The van der Waals surface area contributed by atoms with Gasteiger partial charge in [-0.1, -0.05) is 6.07 Å². The second-order valence-corrected chi connectivity index (χ2v) is 5.39. The predicted molar refractivity (Wildman–Crippen MR) is 89.8 cm³/mol. The van der Waals surface area contributed by atoms with Crippen molar-refractivity contribution in [3.63, 3.8) is 0 Å². The molecule has 7 heteroatoms. The van der Waals surface area contributed by atoms with E-state index in [9.17, 15) is 4.79 Å². The molecule has 0 atom stereocenters. The molecular weight excluding hydrogens is 308 g/mol. The highest BCUT2D eigenvalue weighted by molar-refractivity contribution is 5.91. The van der Waals surface area contributed by atoms with Crippen LogP contribution in [0.3, 0.4) is 0 Å². The summed E-state index contributed by atoms with van der Waals surface area (Å²) in [6.07, 6.45) is 4.86. The van der Waals surface area contributed by atoms with Crippen molar-refractivity contribution in [3.05, 3.63) is 47.9 Å². The topological polar surface area (TPSA) is 76.6 Å². The summed E-state index contributed by atoms with van der Waals surface area (Å²) in [5.41, 5.74) is 0.861. The van der Waals surface area contributed by atoms with Crippen LogP contribution >= 0.6 is 0 Å². The first-order valence-corrected chi connectivity index (χ1v) is 7.46. The molecule has 2 aromatic rings. The van der Waals surface area contributed by atoms with Crippen LogP contribution in [0, 0.1) is 0 Å². The van der Waals surface area contributed by atoms with Gasteiger partial charge in [-0.2, -0.15) is 0 Å². The normalized spacial score (nSPS) is 12.4. The molecule has 0 bridgehead atoms. The van der Waals surface area contributed by atoms with Gasteiger partial charge in [0.15, 0.2) is 11.5 Å². The number of rotatable bonds is 5. The van der Waals surface area contributed by atoms with Crippen molar-refractivity contribution < 1.29 is 14.3 Å². The Labute approximate surface area is 139 Å². The molecule has 0 radical (unpaired) electrons. The molecule has 1 aromatic carbocycles. The Morgan fingerprint density at radius 3 is 2.96 bits per heavy atom. The van der Waals surface area contributed by atoms with E-state index in [1.165, 1.54) is 6.08 Å². The molecule has 0 saturated carbocycles. The zero-order valence-corrected chi connectivity index (χ0v) is 13.5. The van der Waals surface area contributed by atoms with Crippen LogP contribution in [0.25, 0.3) is 6.08 Å². The van der Waals surface area contributed by atoms with Crippen LogP contribution in [0.15, 0.2) is 36.5 Å². The number of fused-ring (bicyclic) bond motifs is 1. The third kappa shape index (κ3) is 3.81. The largest absolute Gasteiger partial charge is 0.454 e. The molecule has 24 heavy (non-hydrogen) atoms. The Morgan fingerprint density at radius 1 is 1.29 bits per heavy atom. The van der Waals surface area contributed by atoms with Crippen LogP contribution in [0.1, 0.15) is 11.4 Å². The Kier molecular flexibility index (Phi) is 4.60. The number of ether oxygens (including phenoxy) is 2. The highest BCUT2D eigenvalue weighted by Crippen LogP contribution is 2.32. The maximum Gasteiger partial charge on any atom is 0.244 e. The third-order valence-electron chi connectivity index (χ3n) is 3.39. The van der Waals surface area contributed by atoms with Crippen LogP contribution < -0.4 is 19.7 Å². The number of carbonyl (C=O) groups excluding carboxylic acids is 1. The molecule has 1 amide bonds. The molecule has 7 nitrogen and oxygen atoms in total. The molecule has 2 heterocycles. The lowest BCUT2D eigenvalue weighted by molar-refractivity contribution is -0.116. The molecular formula is C17H18N4O3. The maximum atomic E-state index is 11.9. The fraction of sp³-hybridized carbons (Fsp3) is 0.235. The van der Waals surface area contributed by atoms with E-state index in [4.69, 9.17) is 9.47 Å². The predicted octanol–water partition coefficient (Wildman–Crippen LogP) is 1.60. The summed E-state index contributed by atoms with van der Waals surface area (Å²) in [7, 11) is 3.80. The summed E-state index contributed by atoms with van der Waals surface area (Å²) in [5, 5.41) is 2.76. The quantitative estimate of drug-likeness (QED) is 0.841. The summed E-state index contributed by atoms with van der Waals surface area (Å²) in [4.78, 5) is 22.3.